The molecule has 1 saturated heterocycles. The van der Waals surface area contributed by atoms with Gasteiger partial charge in [0.2, 0.25) is 11.0 Å². The number of hydrogen-bond donors (Lipinski definition) is 1. The zero-order valence-electron chi connectivity index (χ0n) is 13.4. The number of anilines is 1. The molecule has 1 N–H and O–H groups in total. The Bertz CT molecular complexity index is 545. The molecule has 7 nitrogen and oxygen atoms in total. The fraction of sp³-hybridized carbons (Fsp3) is 0.714. The second-order valence-electron chi connectivity index (χ2n) is 6.36. The number of carbonyl (C=O) groups excluding carboxylic acids is 2. The summed E-state index contributed by atoms with van der Waals surface area (Å²) in [7, 11) is 0. The Hall–Kier alpha value is -1.70. The summed E-state index contributed by atoms with van der Waals surface area (Å²) in [5.41, 5.74) is -0.499. The molecule has 2 amide bonds. The Labute approximate surface area is 134 Å². The van der Waals surface area contributed by atoms with Gasteiger partial charge in [0, 0.05) is 19.0 Å². The molecule has 1 aromatic rings. The lowest BCUT2D eigenvalue weighted by molar-refractivity contribution is -0.121. The molecule has 2 rings (SSSR count). The van der Waals surface area contributed by atoms with E-state index in [4.69, 9.17) is 4.74 Å². The monoisotopic (exact) mass is 326 g/mol. The van der Waals surface area contributed by atoms with Gasteiger partial charge in [0.1, 0.15) is 10.6 Å². The van der Waals surface area contributed by atoms with E-state index < -0.39 is 5.60 Å². The zero-order valence-corrected chi connectivity index (χ0v) is 14.2. The molecule has 0 aromatic carbocycles. The number of nitrogens with one attached hydrogen (secondary N) is 1. The smallest absolute Gasteiger partial charge is 0.410 e. The van der Waals surface area contributed by atoms with Crippen LogP contribution < -0.4 is 5.32 Å². The lowest BCUT2D eigenvalue weighted by Crippen LogP contribution is -2.43. The summed E-state index contributed by atoms with van der Waals surface area (Å²) < 4.78 is 5.34. The number of aromatic nitrogens is 2. The molecule has 0 aliphatic carbocycles. The first-order valence-electron chi connectivity index (χ1n) is 7.33. The number of rotatable bonds is 2. The van der Waals surface area contributed by atoms with Gasteiger partial charge in [-0.05, 0) is 40.5 Å². The van der Waals surface area contributed by atoms with Gasteiger partial charge in [-0.1, -0.05) is 11.3 Å². The Morgan fingerprint density at radius 3 is 2.41 bits per heavy atom. The average Bonchev–Trinajstić information content (AvgIpc) is 2.82. The van der Waals surface area contributed by atoms with Crippen molar-refractivity contribution in [1.29, 1.82) is 0 Å². The van der Waals surface area contributed by atoms with E-state index in [-0.39, 0.29) is 17.9 Å². The Morgan fingerprint density at radius 2 is 1.91 bits per heavy atom. The van der Waals surface area contributed by atoms with E-state index in [1.807, 2.05) is 27.7 Å². The van der Waals surface area contributed by atoms with Gasteiger partial charge in [-0.2, -0.15) is 0 Å². The summed E-state index contributed by atoms with van der Waals surface area (Å²) in [4.78, 5) is 25.8. The van der Waals surface area contributed by atoms with E-state index in [0.717, 1.165) is 5.01 Å². The molecule has 0 unspecified atom stereocenters. The topological polar surface area (TPSA) is 84.4 Å². The van der Waals surface area contributed by atoms with Crippen LogP contribution in [-0.4, -0.2) is 45.8 Å². The third-order valence-electron chi connectivity index (χ3n) is 3.27. The van der Waals surface area contributed by atoms with Crippen molar-refractivity contribution in [3.8, 4) is 0 Å². The van der Waals surface area contributed by atoms with Crippen LogP contribution in [0.3, 0.4) is 0 Å². The highest BCUT2D eigenvalue weighted by Crippen LogP contribution is 2.22. The maximum Gasteiger partial charge on any atom is 0.410 e. The van der Waals surface area contributed by atoms with Gasteiger partial charge in [0.05, 0.1) is 0 Å². The van der Waals surface area contributed by atoms with Gasteiger partial charge in [-0.15, -0.1) is 10.2 Å². The molecular weight excluding hydrogens is 304 g/mol. The minimum Gasteiger partial charge on any atom is -0.444 e. The van der Waals surface area contributed by atoms with Gasteiger partial charge >= 0.3 is 6.09 Å². The van der Waals surface area contributed by atoms with Crippen LogP contribution in [0.4, 0.5) is 9.93 Å². The lowest BCUT2D eigenvalue weighted by Gasteiger charge is -2.32. The molecular formula is C14H22N4O3S. The number of carbonyl (C=O) groups is 2. The zero-order chi connectivity index (χ0) is 16.3. The van der Waals surface area contributed by atoms with Crippen molar-refractivity contribution in [3.63, 3.8) is 0 Å². The molecule has 8 heteroatoms. The molecule has 0 saturated carbocycles. The molecule has 1 fully saturated rings. The Morgan fingerprint density at radius 1 is 1.27 bits per heavy atom. The van der Waals surface area contributed by atoms with Crippen LogP contribution in [-0.2, 0) is 9.53 Å². The molecule has 0 spiro atoms. The highest BCUT2D eigenvalue weighted by atomic mass is 32.1. The number of aryl methyl sites for hydroxylation is 1. The number of piperidine rings is 1. The summed E-state index contributed by atoms with van der Waals surface area (Å²) in [5.74, 6) is -0.164. The van der Waals surface area contributed by atoms with Crippen molar-refractivity contribution in [2.45, 2.75) is 46.1 Å². The molecule has 0 atom stereocenters. The van der Waals surface area contributed by atoms with Crippen molar-refractivity contribution < 1.29 is 14.3 Å². The lowest BCUT2D eigenvalue weighted by atomic mass is 9.96. The molecule has 1 aliphatic heterocycles. The average molecular weight is 326 g/mol. The molecule has 1 aromatic heterocycles. The van der Waals surface area contributed by atoms with Gasteiger partial charge < -0.3 is 15.0 Å². The van der Waals surface area contributed by atoms with Crippen LogP contribution in [0, 0.1) is 12.8 Å². The van der Waals surface area contributed by atoms with Crippen molar-refractivity contribution in [1.82, 2.24) is 15.1 Å². The normalized spacial score (nSPS) is 16.5. The molecule has 122 valence electrons. The SMILES string of the molecule is Cc1nnc(NC(=O)C2CCN(C(=O)OC(C)(C)C)CC2)s1. The fourth-order valence-corrected chi connectivity index (χ4v) is 2.80. The largest absolute Gasteiger partial charge is 0.444 e. The van der Waals surface area contributed by atoms with Crippen molar-refractivity contribution >= 4 is 28.5 Å². The van der Waals surface area contributed by atoms with E-state index in [1.165, 1.54) is 11.3 Å². The third-order valence-corrected chi connectivity index (χ3v) is 4.03. The van der Waals surface area contributed by atoms with Crippen molar-refractivity contribution in [2.24, 2.45) is 5.92 Å². The van der Waals surface area contributed by atoms with Crippen LogP contribution in [0.15, 0.2) is 0 Å². The van der Waals surface area contributed by atoms with Crippen molar-refractivity contribution in [3.05, 3.63) is 5.01 Å². The van der Waals surface area contributed by atoms with E-state index in [9.17, 15) is 9.59 Å². The summed E-state index contributed by atoms with van der Waals surface area (Å²) in [6.07, 6.45) is 0.942. The second kappa shape index (κ2) is 6.60. The highest BCUT2D eigenvalue weighted by molar-refractivity contribution is 7.15. The highest BCUT2D eigenvalue weighted by Gasteiger charge is 2.30. The van der Waals surface area contributed by atoms with Crippen LogP contribution in [0.25, 0.3) is 0 Å². The van der Waals surface area contributed by atoms with Crippen LogP contribution in [0.5, 0.6) is 0 Å². The van der Waals surface area contributed by atoms with Crippen LogP contribution in [0.2, 0.25) is 0 Å². The fourth-order valence-electron chi connectivity index (χ4n) is 2.21. The molecule has 0 bridgehead atoms. The van der Waals surface area contributed by atoms with Gasteiger partial charge in [-0.25, -0.2) is 4.79 Å². The van der Waals surface area contributed by atoms with E-state index in [0.29, 0.717) is 31.1 Å². The number of amides is 2. The molecule has 22 heavy (non-hydrogen) atoms. The Balaban J connectivity index is 1.81. The van der Waals surface area contributed by atoms with Gasteiger partial charge in [0.25, 0.3) is 0 Å². The Kier molecular flexibility index (Phi) is 5.00. The summed E-state index contributed by atoms with van der Waals surface area (Å²) >= 11 is 1.35. The quantitative estimate of drug-likeness (QED) is 0.902. The first-order chi connectivity index (χ1) is 10.2. The number of likely N-dealkylation sites (tertiary alicyclic amines) is 1. The summed E-state index contributed by atoms with van der Waals surface area (Å²) in [6, 6.07) is 0. The van der Waals surface area contributed by atoms with Crippen LogP contribution in [0.1, 0.15) is 38.6 Å². The first kappa shape index (κ1) is 16.7. The number of nitrogens with zero attached hydrogens (tertiary/aromatic N) is 3. The summed E-state index contributed by atoms with van der Waals surface area (Å²) in [6.45, 7) is 8.43. The van der Waals surface area contributed by atoms with E-state index >= 15 is 0 Å². The number of hydrogen-bond acceptors (Lipinski definition) is 6. The summed E-state index contributed by atoms with van der Waals surface area (Å²) in [5, 5.41) is 11.9. The third kappa shape index (κ3) is 4.66. The van der Waals surface area contributed by atoms with Gasteiger partial charge in [0.15, 0.2) is 0 Å². The van der Waals surface area contributed by atoms with Crippen LogP contribution >= 0.6 is 11.3 Å². The second-order valence-corrected chi connectivity index (χ2v) is 7.54. The molecule has 1 aliphatic rings. The predicted octanol–water partition coefficient (Wildman–Crippen LogP) is 2.43. The predicted molar refractivity (Wildman–Crippen MR) is 83.8 cm³/mol. The van der Waals surface area contributed by atoms with E-state index in [1.54, 1.807) is 4.90 Å². The standard InChI is InChI=1S/C14H22N4O3S/c1-9-16-17-12(22-9)15-11(19)10-5-7-18(8-6-10)13(20)21-14(2,3)4/h10H,5-8H2,1-4H3,(H,15,17,19). The maximum absolute atomic E-state index is 12.2. The number of ether oxygens (including phenoxy) is 1. The first-order valence-corrected chi connectivity index (χ1v) is 8.15. The minimum absolute atomic E-state index is 0.0556. The minimum atomic E-state index is -0.499. The molecule has 0 radical (unpaired) electrons. The van der Waals surface area contributed by atoms with Crippen molar-refractivity contribution in [2.75, 3.05) is 18.4 Å². The maximum atomic E-state index is 12.2. The van der Waals surface area contributed by atoms with Gasteiger partial charge in [-0.3, -0.25) is 4.79 Å². The van der Waals surface area contributed by atoms with E-state index in [2.05, 4.69) is 15.5 Å². The molecule has 2 heterocycles.